The van der Waals surface area contributed by atoms with Crippen LogP contribution in [-0.2, 0) is 4.79 Å². The molecular weight excluding hydrogens is 208 g/mol. The molecule has 1 rings (SSSR count). The minimum absolute atomic E-state index is 0.414. The van der Waals surface area contributed by atoms with Crippen molar-refractivity contribution >= 4 is 29.0 Å². The predicted octanol–water partition coefficient (Wildman–Crippen LogP) is -0.167. The molecule has 7 heteroatoms. The molecule has 0 aromatic carbocycles. The predicted molar refractivity (Wildman–Crippen MR) is 52.4 cm³/mol. The van der Waals surface area contributed by atoms with Crippen molar-refractivity contribution in [1.82, 2.24) is 10.2 Å². The molecule has 0 saturated heterocycles. The normalized spacial score (nSPS) is 15.2. The highest BCUT2D eigenvalue weighted by atomic mass is 32.2. The molecule has 13 heavy (non-hydrogen) atoms. The third kappa shape index (κ3) is 2.94. The fraction of sp³-hybridized carbons (Fsp3) is 0.500. The van der Waals surface area contributed by atoms with Crippen LogP contribution in [0.2, 0.25) is 0 Å². The van der Waals surface area contributed by atoms with Gasteiger partial charge < -0.3 is 11.5 Å². The van der Waals surface area contributed by atoms with Crippen molar-refractivity contribution in [1.29, 1.82) is 0 Å². The molecule has 0 aliphatic rings. The van der Waals surface area contributed by atoms with E-state index < -0.39 is 11.4 Å². The van der Waals surface area contributed by atoms with E-state index in [-0.39, 0.29) is 0 Å². The number of aromatic nitrogens is 2. The largest absolute Gasteiger partial charge is 0.368 e. The highest BCUT2D eigenvalue weighted by Gasteiger charge is 2.26. The van der Waals surface area contributed by atoms with Crippen LogP contribution < -0.4 is 11.5 Å². The summed E-state index contributed by atoms with van der Waals surface area (Å²) in [6, 6.07) is 0. The van der Waals surface area contributed by atoms with Gasteiger partial charge in [0.25, 0.3) is 0 Å². The van der Waals surface area contributed by atoms with Crippen molar-refractivity contribution in [3.05, 3.63) is 5.51 Å². The number of nitrogens with zero attached hydrogens (tertiary/aromatic N) is 2. The number of nitrogens with two attached hydrogens (primary N) is 2. The number of carbonyl (C=O) groups is 1. The lowest BCUT2D eigenvalue weighted by molar-refractivity contribution is -0.121. The zero-order chi connectivity index (χ0) is 9.90. The number of primary amides is 1. The summed E-state index contributed by atoms with van der Waals surface area (Å²) in [6.07, 6.45) is 0. The highest BCUT2D eigenvalue weighted by Crippen LogP contribution is 2.22. The summed E-state index contributed by atoms with van der Waals surface area (Å²) >= 11 is 2.79. The van der Waals surface area contributed by atoms with Gasteiger partial charge in [-0.25, -0.2) is 0 Å². The van der Waals surface area contributed by atoms with E-state index in [1.54, 1.807) is 12.4 Å². The minimum atomic E-state index is -0.990. The van der Waals surface area contributed by atoms with E-state index in [9.17, 15) is 4.79 Å². The zero-order valence-electron chi connectivity index (χ0n) is 7.06. The smallest absolute Gasteiger partial charge is 0.238 e. The first-order valence-electron chi connectivity index (χ1n) is 3.50. The van der Waals surface area contributed by atoms with Crippen molar-refractivity contribution in [2.75, 3.05) is 5.75 Å². The number of hydrogen-bond donors (Lipinski definition) is 2. The molecule has 1 heterocycles. The lowest BCUT2D eigenvalue weighted by Gasteiger charge is -2.18. The van der Waals surface area contributed by atoms with Gasteiger partial charge in [-0.15, -0.1) is 10.2 Å². The molecule has 0 fully saturated rings. The van der Waals surface area contributed by atoms with Gasteiger partial charge in [-0.05, 0) is 6.92 Å². The monoisotopic (exact) mass is 218 g/mol. The Balaban J connectivity index is 2.47. The number of hydrogen-bond acceptors (Lipinski definition) is 6. The SMILES string of the molecule is CC(N)(CSc1nncs1)C(N)=O. The zero-order valence-corrected chi connectivity index (χ0v) is 8.69. The van der Waals surface area contributed by atoms with E-state index in [0.717, 1.165) is 4.34 Å². The van der Waals surface area contributed by atoms with E-state index >= 15 is 0 Å². The number of rotatable bonds is 4. The van der Waals surface area contributed by atoms with Crippen LogP contribution in [0.4, 0.5) is 0 Å². The average Bonchev–Trinajstić information content (AvgIpc) is 2.52. The fourth-order valence-electron chi connectivity index (χ4n) is 0.509. The number of thioether (sulfide) groups is 1. The maximum Gasteiger partial charge on any atom is 0.238 e. The first-order chi connectivity index (χ1) is 6.02. The average molecular weight is 218 g/mol. The molecule has 72 valence electrons. The third-order valence-corrected chi connectivity index (χ3v) is 3.60. The quantitative estimate of drug-likeness (QED) is 0.684. The van der Waals surface area contributed by atoms with Crippen molar-refractivity contribution < 1.29 is 4.79 Å². The maximum atomic E-state index is 10.8. The Labute approximate surface area is 83.9 Å². The van der Waals surface area contributed by atoms with Crippen LogP contribution in [0, 0.1) is 0 Å². The molecule has 0 radical (unpaired) electrons. The second-order valence-electron chi connectivity index (χ2n) is 2.78. The fourth-order valence-corrected chi connectivity index (χ4v) is 2.04. The maximum absolute atomic E-state index is 10.8. The van der Waals surface area contributed by atoms with Crippen molar-refractivity contribution in [3.8, 4) is 0 Å². The van der Waals surface area contributed by atoms with Gasteiger partial charge in [0, 0.05) is 5.75 Å². The van der Waals surface area contributed by atoms with Crippen LogP contribution >= 0.6 is 23.1 Å². The van der Waals surface area contributed by atoms with Crippen LogP contribution in [0.5, 0.6) is 0 Å². The molecule has 4 N–H and O–H groups in total. The lowest BCUT2D eigenvalue weighted by Crippen LogP contribution is -2.51. The summed E-state index contributed by atoms with van der Waals surface area (Å²) in [6.45, 7) is 1.60. The van der Waals surface area contributed by atoms with E-state index in [2.05, 4.69) is 10.2 Å². The van der Waals surface area contributed by atoms with Gasteiger partial charge >= 0.3 is 0 Å². The summed E-state index contributed by atoms with van der Waals surface area (Å²) in [5.74, 6) is -0.0955. The van der Waals surface area contributed by atoms with Crippen molar-refractivity contribution in [3.63, 3.8) is 0 Å². The van der Waals surface area contributed by atoms with E-state index in [4.69, 9.17) is 11.5 Å². The van der Waals surface area contributed by atoms with Gasteiger partial charge in [-0.1, -0.05) is 23.1 Å². The number of carbonyl (C=O) groups excluding carboxylic acids is 1. The van der Waals surface area contributed by atoms with Gasteiger partial charge in [0.1, 0.15) is 11.0 Å². The van der Waals surface area contributed by atoms with Gasteiger partial charge in [-0.2, -0.15) is 0 Å². The molecule has 1 unspecified atom stereocenters. The van der Waals surface area contributed by atoms with E-state index in [1.165, 1.54) is 23.1 Å². The molecule has 1 atom stereocenters. The Morgan fingerprint density at radius 3 is 3.00 bits per heavy atom. The standard InChI is InChI=1S/C6H10N4OS2/c1-6(8,4(7)11)2-12-5-10-9-3-13-5/h3H,2,8H2,1H3,(H2,7,11). The molecule has 1 aromatic heterocycles. The molecule has 0 aliphatic carbocycles. The van der Waals surface area contributed by atoms with Crippen molar-refractivity contribution in [2.24, 2.45) is 11.5 Å². The van der Waals surface area contributed by atoms with Crippen LogP contribution in [0.3, 0.4) is 0 Å². The van der Waals surface area contributed by atoms with Crippen LogP contribution in [0.25, 0.3) is 0 Å². The first-order valence-corrected chi connectivity index (χ1v) is 5.36. The number of amides is 1. The summed E-state index contributed by atoms with van der Waals surface area (Å²) in [7, 11) is 0. The second-order valence-corrected chi connectivity index (χ2v) is 4.83. The molecule has 5 nitrogen and oxygen atoms in total. The van der Waals surface area contributed by atoms with Gasteiger partial charge in [0.15, 0.2) is 4.34 Å². The lowest BCUT2D eigenvalue weighted by atomic mass is 10.1. The molecule has 1 amide bonds. The Kier molecular flexibility index (Phi) is 3.23. The molecule has 1 aromatic rings. The Bertz CT molecular complexity index is 285. The third-order valence-electron chi connectivity index (χ3n) is 1.40. The van der Waals surface area contributed by atoms with Gasteiger partial charge in [-0.3, -0.25) is 4.79 Å². The molecule has 0 spiro atoms. The highest BCUT2D eigenvalue weighted by molar-refractivity contribution is 8.01. The summed E-state index contributed by atoms with van der Waals surface area (Å²) in [4.78, 5) is 10.8. The molecule has 0 saturated carbocycles. The Morgan fingerprint density at radius 2 is 2.54 bits per heavy atom. The van der Waals surface area contributed by atoms with E-state index in [0.29, 0.717) is 5.75 Å². The molecule has 0 bridgehead atoms. The molecule has 0 aliphatic heterocycles. The van der Waals surface area contributed by atoms with Crippen molar-refractivity contribution in [2.45, 2.75) is 16.8 Å². The van der Waals surface area contributed by atoms with Crippen LogP contribution in [0.15, 0.2) is 9.85 Å². The Hall–Kier alpha value is -0.660. The van der Waals surface area contributed by atoms with Gasteiger partial charge in [0.2, 0.25) is 5.91 Å². The van der Waals surface area contributed by atoms with Crippen LogP contribution in [0.1, 0.15) is 6.92 Å². The van der Waals surface area contributed by atoms with Gasteiger partial charge in [0.05, 0.1) is 0 Å². The minimum Gasteiger partial charge on any atom is -0.368 e. The Morgan fingerprint density at radius 1 is 1.85 bits per heavy atom. The first kappa shape index (κ1) is 10.4. The topological polar surface area (TPSA) is 94.9 Å². The van der Waals surface area contributed by atoms with Crippen LogP contribution in [-0.4, -0.2) is 27.4 Å². The summed E-state index contributed by atoms with van der Waals surface area (Å²) in [5, 5.41) is 7.46. The molecular formula is C6H10N4OS2. The van der Waals surface area contributed by atoms with E-state index in [1.807, 2.05) is 0 Å². The summed E-state index contributed by atoms with van der Waals surface area (Å²) < 4.78 is 0.790. The second kappa shape index (κ2) is 4.03. The summed E-state index contributed by atoms with van der Waals surface area (Å²) in [5.41, 5.74) is 11.4.